The molecule has 2 heteroatoms. The normalized spacial score (nSPS) is 14.1. The van der Waals surface area contributed by atoms with Crippen LogP contribution in [-0.4, -0.2) is 19.8 Å². The second-order valence-electron chi connectivity index (χ2n) is 3.13. The van der Waals surface area contributed by atoms with Crippen LogP contribution in [0.3, 0.4) is 0 Å². The van der Waals surface area contributed by atoms with Gasteiger partial charge in [0.25, 0.3) is 0 Å². The van der Waals surface area contributed by atoms with Crippen LogP contribution in [0.1, 0.15) is 26.7 Å². The molecule has 0 aromatic rings. The lowest BCUT2D eigenvalue weighted by molar-refractivity contribution is 0.289. The minimum atomic E-state index is -0.660. The lowest BCUT2D eigenvalue weighted by atomic mass is 10.1. The van der Waals surface area contributed by atoms with Crippen LogP contribution in [0.2, 0.25) is 0 Å². The Kier molecular flexibility index (Phi) is 5.60. The molecule has 0 aliphatic rings. The van der Waals surface area contributed by atoms with Gasteiger partial charge in [0.05, 0.1) is 0 Å². The van der Waals surface area contributed by atoms with Gasteiger partial charge in [-0.2, -0.15) is 0 Å². The molecule has 0 amide bonds. The van der Waals surface area contributed by atoms with Crippen molar-refractivity contribution in [3.05, 3.63) is 0 Å². The van der Waals surface area contributed by atoms with Gasteiger partial charge in [0, 0.05) is 6.54 Å². The zero-order valence-corrected chi connectivity index (χ0v) is 7.15. The quantitative estimate of drug-likeness (QED) is 0.627. The summed E-state index contributed by atoms with van der Waals surface area (Å²) in [6.45, 7) is 4.73. The van der Waals surface area contributed by atoms with Crippen molar-refractivity contribution in [2.24, 2.45) is 5.92 Å². The van der Waals surface area contributed by atoms with E-state index in [1.54, 1.807) is 7.05 Å². The molecule has 0 aliphatic carbocycles. The number of nitrogens with one attached hydrogen (secondary N) is 1. The molecule has 10 heavy (non-hydrogen) atoms. The monoisotopic (exact) mass is 147 g/mol. The number of halogens is 1. The Morgan fingerprint density at radius 3 is 2.30 bits per heavy atom. The van der Waals surface area contributed by atoms with Crippen LogP contribution in [0, 0.1) is 5.92 Å². The fourth-order valence-electron chi connectivity index (χ4n) is 0.838. The van der Waals surface area contributed by atoms with E-state index in [1.807, 2.05) is 0 Å². The SMILES string of the molecule is CNC[C@@H](F)CCC(C)C. The molecule has 0 radical (unpaired) electrons. The summed E-state index contributed by atoms with van der Waals surface area (Å²) >= 11 is 0. The van der Waals surface area contributed by atoms with Gasteiger partial charge in [-0.15, -0.1) is 0 Å². The molecule has 0 aromatic heterocycles. The van der Waals surface area contributed by atoms with Gasteiger partial charge < -0.3 is 5.32 Å². The molecule has 0 bridgehead atoms. The summed E-state index contributed by atoms with van der Waals surface area (Å²) in [6.07, 6.45) is 1.02. The van der Waals surface area contributed by atoms with Crippen LogP contribution in [0.5, 0.6) is 0 Å². The molecule has 0 spiro atoms. The van der Waals surface area contributed by atoms with Crippen LogP contribution < -0.4 is 5.32 Å². The Hall–Kier alpha value is -0.110. The van der Waals surface area contributed by atoms with Crippen LogP contribution in [0.25, 0.3) is 0 Å². The highest BCUT2D eigenvalue weighted by Gasteiger charge is 2.04. The van der Waals surface area contributed by atoms with E-state index in [4.69, 9.17) is 0 Å². The Labute approximate surface area is 63.0 Å². The molecule has 0 heterocycles. The number of hydrogen-bond donors (Lipinski definition) is 1. The van der Waals surface area contributed by atoms with Crippen molar-refractivity contribution in [1.82, 2.24) is 5.32 Å². The predicted molar refractivity (Wildman–Crippen MR) is 42.9 cm³/mol. The van der Waals surface area contributed by atoms with E-state index in [9.17, 15) is 4.39 Å². The summed E-state index contributed by atoms with van der Waals surface area (Å²) in [4.78, 5) is 0. The average molecular weight is 147 g/mol. The average Bonchev–Trinajstić information content (AvgIpc) is 1.85. The van der Waals surface area contributed by atoms with Crippen LogP contribution in [0.15, 0.2) is 0 Å². The molecule has 0 aliphatic heterocycles. The van der Waals surface area contributed by atoms with E-state index in [1.165, 1.54) is 0 Å². The second-order valence-corrected chi connectivity index (χ2v) is 3.13. The van der Waals surface area contributed by atoms with E-state index in [-0.39, 0.29) is 0 Å². The molecule has 0 saturated heterocycles. The van der Waals surface area contributed by atoms with Gasteiger partial charge in [-0.25, -0.2) is 4.39 Å². The fourth-order valence-corrected chi connectivity index (χ4v) is 0.838. The van der Waals surface area contributed by atoms with Gasteiger partial charge in [-0.1, -0.05) is 13.8 Å². The molecular weight excluding hydrogens is 129 g/mol. The van der Waals surface area contributed by atoms with E-state index in [0.717, 1.165) is 6.42 Å². The van der Waals surface area contributed by atoms with Gasteiger partial charge >= 0.3 is 0 Å². The third kappa shape index (κ3) is 6.02. The van der Waals surface area contributed by atoms with Crippen molar-refractivity contribution in [3.8, 4) is 0 Å². The summed E-state index contributed by atoms with van der Waals surface area (Å²) in [5.74, 6) is 0.620. The zero-order chi connectivity index (χ0) is 7.98. The maximum atomic E-state index is 12.7. The Morgan fingerprint density at radius 1 is 1.30 bits per heavy atom. The van der Waals surface area contributed by atoms with E-state index < -0.39 is 6.17 Å². The highest BCUT2D eigenvalue weighted by molar-refractivity contribution is 4.59. The first-order valence-corrected chi connectivity index (χ1v) is 3.95. The molecule has 1 N–H and O–H groups in total. The summed E-state index contributed by atoms with van der Waals surface area (Å²) in [5.41, 5.74) is 0. The lowest BCUT2D eigenvalue weighted by Crippen LogP contribution is -2.19. The minimum Gasteiger partial charge on any atom is -0.317 e. The minimum absolute atomic E-state index is 0.493. The van der Waals surface area contributed by atoms with Crippen molar-refractivity contribution in [3.63, 3.8) is 0 Å². The maximum Gasteiger partial charge on any atom is 0.112 e. The van der Waals surface area contributed by atoms with Crippen molar-refractivity contribution in [2.45, 2.75) is 32.9 Å². The molecule has 62 valence electrons. The van der Waals surface area contributed by atoms with Crippen LogP contribution in [-0.2, 0) is 0 Å². The largest absolute Gasteiger partial charge is 0.317 e. The Bertz CT molecular complexity index is 73.7. The molecule has 0 fully saturated rings. The topological polar surface area (TPSA) is 12.0 Å². The van der Waals surface area contributed by atoms with E-state index in [0.29, 0.717) is 18.9 Å². The number of rotatable bonds is 5. The summed E-state index contributed by atoms with van der Waals surface area (Å²) in [7, 11) is 1.78. The van der Waals surface area contributed by atoms with Crippen molar-refractivity contribution in [1.29, 1.82) is 0 Å². The molecular formula is C8H18FN. The van der Waals surface area contributed by atoms with Crippen LogP contribution in [0.4, 0.5) is 4.39 Å². The smallest absolute Gasteiger partial charge is 0.112 e. The molecule has 1 atom stereocenters. The third-order valence-corrected chi connectivity index (χ3v) is 1.48. The summed E-state index contributed by atoms with van der Waals surface area (Å²) in [6, 6.07) is 0. The Morgan fingerprint density at radius 2 is 1.90 bits per heavy atom. The molecule has 0 unspecified atom stereocenters. The van der Waals surface area contributed by atoms with Crippen LogP contribution >= 0.6 is 0 Å². The third-order valence-electron chi connectivity index (χ3n) is 1.48. The van der Waals surface area contributed by atoms with Gasteiger partial charge in [0.2, 0.25) is 0 Å². The van der Waals surface area contributed by atoms with Gasteiger partial charge in [-0.05, 0) is 25.8 Å². The predicted octanol–water partition coefficient (Wildman–Crippen LogP) is 1.98. The zero-order valence-electron chi connectivity index (χ0n) is 7.15. The second kappa shape index (κ2) is 5.66. The standard InChI is InChI=1S/C8H18FN/c1-7(2)4-5-8(9)6-10-3/h7-8,10H,4-6H2,1-3H3/t8-/m0/s1. The van der Waals surface area contributed by atoms with E-state index in [2.05, 4.69) is 19.2 Å². The summed E-state index contributed by atoms with van der Waals surface area (Å²) in [5, 5.41) is 2.82. The molecule has 0 aromatic carbocycles. The maximum absolute atomic E-state index is 12.7. The first-order chi connectivity index (χ1) is 4.66. The van der Waals surface area contributed by atoms with E-state index >= 15 is 0 Å². The number of alkyl halides is 1. The first kappa shape index (κ1) is 9.89. The molecule has 1 nitrogen and oxygen atoms in total. The summed E-state index contributed by atoms with van der Waals surface area (Å²) < 4.78 is 12.7. The van der Waals surface area contributed by atoms with Crippen molar-refractivity contribution >= 4 is 0 Å². The Balaban J connectivity index is 3.12. The first-order valence-electron chi connectivity index (χ1n) is 3.95. The fraction of sp³-hybridized carbons (Fsp3) is 1.00. The number of hydrogen-bond acceptors (Lipinski definition) is 1. The highest BCUT2D eigenvalue weighted by Crippen LogP contribution is 2.08. The van der Waals surface area contributed by atoms with Crippen molar-refractivity contribution < 1.29 is 4.39 Å². The van der Waals surface area contributed by atoms with Gasteiger partial charge in [0.1, 0.15) is 6.17 Å². The molecule has 0 rings (SSSR count). The van der Waals surface area contributed by atoms with Crippen molar-refractivity contribution in [2.75, 3.05) is 13.6 Å². The highest BCUT2D eigenvalue weighted by atomic mass is 19.1. The molecule has 0 saturated carbocycles. The lowest BCUT2D eigenvalue weighted by Gasteiger charge is -2.08. The van der Waals surface area contributed by atoms with Gasteiger partial charge in [-0.3, -0.25) is 0 Å². The van der Waals surface area contributed by atoms with Gasteiger partial charge in [0.15, 0.2) is 0 Å².